The number of hydrogen-bond acceptors (Lipinski definition) is 5. The van der Waals surface area contributed by atoms with Crippen LogP contribution in [0.25, 0.3) is 0 Å². The maximum Gasteiger partial charge on any atom is 0.334 e. The smallest absolute Gasteiger partial charge is 0.334 e. The van der Waals surface area contributed by atoms with Crippen LogP contribution in [0, 0.1) is 11.3 Å². The molecule has 0 aliphatic heterocycles. The van der Waals surface area contributed by atoms with E-state index >= 15 is 0 Å². The third-order valence-electron chi connectivity index (χ3n) is 1.18. The Kier molecular flexibility index (Phi) is 6.53. The second-order valence-corrected chi connectivity index (χ2v) is 3.29. The summed E-state index contributed by atoms with van der Waals surface area (Å²) < 4.78 is 0. The molecule has 0 aliphatic carbocycles. The van der Waals surface area contributed by atoms with Crippen molar-refractivity contribution in [3.05, 3.63) is 0 Å². The van der Waals surface area contributed by atoms with Crippen molar-refractivity contribution in [3.8, 4) is 6.07 Å². The minimum absolute atomic E-state index is 0.0832. The molecule has 0 spiro atoms. The summed E-state index contributed by atoms with van der Waals surface area (Å²) in [5, 5.41) is 27.4. The van der Waals surface area contributed by atoms with E-state index in [1.165, 1.54) is 0 Å². The van der Waals surface area contributed by atoms with Crippen LogP contribution in [0.2, 0.25) is 0 Å². The molecule has 0 aliphatic rings. The number of aliphatic hydroxyl groups is 1. The molecule has 1 atom stereocenters. The Bertz CT molecular complexity index is 251. The van der Waals surface area contributed by atoms with Crippen molar-refractivity contribution in [2.24, 2.45) is 0 Å². The molecule has 0 rings (SSSR count). The van der Waals surface area contributed by atoms with Crippen molar-refractivity contribution in [1.82, 2.24) is 5.32 Å². The Hall–Kier alpha value is -1.26. The van der Waals surface area contributed by atoms with E-state index in [2.05, 4.69) is 5.32 Å². The summed E-state index contributed by atoms with van der Waals surface area (Å²) >= 11 is 1.12. The summed E-state index contributed by atoms with van der Waals surface area (Å²) in [6.07, 6.45) is -1.58. The molecule has 0 saturated heterocycles. The number of nitrogens with zero attached hydrogens (tertiary/aromatic N) is 1. The van der Waals surface area contributed by atoms with Gasteiger partial charge in [-0.25, -0.2) is 4.79 Å². The molecule has 7 heteroatoms. The topological polar surface area (TPSA) is 110 Å². The summed E-state index contributed by atoms with van der Waals surface area (Å²) in [5.41, 5.74) is 0. The third kappa shape index (κ3) is 6.28. The van der Waals surface area contributed by atoms with Gasteiger partial charge in [0.15, 0.2) is 6.10 Å². The normalized spacial score (nSPS) is 11.4. The molecule has 3 N–H and O–H groups in total. The van der Waals surface area contributed by atoms with Gasteiger partial charge in [-0.2, -0.15) is 5.26 Å². The second kappa shape index (κ2) is 7.17. The quantitative estimate of drug-likeness (QED) is 0.483. The standard InChI is InChI=1S/C7H10N2O4S/c8-1-2-14-4-6(11)9-3-5(10)7(12)13/h5,10H,2-4H2,(H,9,11)(H,12,13)/t5-/m0/s1. The van der Waals surface area contributed by atoms with E-state index in [4.69, 9.17) is 15.5 Å². The second-order valence-electron chi connectivity index (χ2n) is 2.31. The lowest BCUT2D eigenvalue weighted by Gasteiger charge is -2.06. The highest BCUT2D eigenvalue weighted by Crippen LogP contribution is 1.96. The third-order valence-corrected chi connectivity index (χ3v) is 1.98. The fraction of sp³-hybridized carbons (Fsp3) is 0.571. The average Bonchev–Trinajstić information content (AvgIpc) is 2.14. The van der Waals surface area contributed by atoms with Crippen LogP contribution >= 0.6 is 11.8 Å². The number of rotatable bonds is 6. The van der Waals surface area contributed by atoms with Gasteiger partial charge in [-0.05, 0) is 0 Å². The molecule has 0 aromatic rings. The number of aliphatic hydroxyl groups excluding tert-OH is 1. The van der Waals surface area contributed by atoms with Gasteiger partial charge in [0.1, 0.15) is 0 Å². The molecular weight excluding hydrogens is 208 g/mol. The van der Waals surface area contributed by atoms with Gasteiger partial charge in [-0.3, -0.25) is 4.79 Å². The predicted octanol–water partition coefficient (Wildman–Crippen LogP) is -1.20. The van der Waals surface area contributed by atoms with E-state index in [-0.39, 0.29) is 18.1 Å². The molecule has 0 saturated carbocycles. The van der Waals surface area contributed by atoms with Crippen molar-refractivity contribution in [1.29, 1.82) is 5.26 Å². The van der Waals surface area contributed by atoms with Crippen LogP contribution < -0.4 is 5.32 Å². The predicted molar refractivity (Wildman–Crippen MR) is 49.6 cm³/mol. The summed E-state index contributed by atoms with van der Waals surface area (Å²) in [6.45, 7) is -0.318. The van der Waals surface area contributed by atoms with Gasteiger partial charge in [0.2, 0.25) is 5.91 Å². The largest absolute Gasteiger partial charge is 0.479 e. The maximum absolute atomic E-state index is 10.9. The molecule has 0 unspecified atom stereocenters. The zero-order chi connectivity index (χ0) is 11.0. The van der Waals surface area contributed by atoms with Crippen LogP contribution in [-0.4, -0.2) is 46.2 Å². The van der Waals surface area contributed by atoms with Gasteiger partial charge in [0.05, 0.1) is 24.1 Å². The Balaban J connectivity index is 3.54. The van der Waals surface area contributed by atoms with Crippen molar-refractivity contribution in [2.75, 3.05) is 18.1 Å². The Morgan fingerprint density at radius 3 is 2.71 bits per heavy atom. The number of carboxylic acids is 1. The molecule has 78 valence electrons. The van der Waals surface area contributed by atoms with E-state index in [9.17, 15) is 9.59 Å². The lowest BCUT2D eigenvalue weighted by Crippen LogP contribution is -2.37. The molecule has 0 fully saturated rings. The summed E-state index contributed by atoms with van der Waals surface area (Å²) in [5.74, 6) is -1.49. The highest BCUT2D eigenvalue weighted by molar-refractivity contribution is 8.00. The zero-order valence-electron chi connectivity index (χ0n) is 7.27. The number of nitrogens with one attached hydrogen (secondary N) is 1. The number of aliphatic carboxylic acids is 1. The van der Waals surface area contributed by atoms with Crippen LogP contribution in [0.1, 0.15) is 0 Å². The number of carboxylic acid groups (broad SMARTS) is 1. The summed E-state index contributed by atoms with van der Waals surface area (Å²) in [7, 11) is 0. The molecule has 1 amide bonds. The number of carbonyl (C=O) groups is 2. The molecule has 0 aromatic carbocycles. The highest BCUT2D eigenvalue weighted by atomic mass is 32.2. The van der Waals surface area contributed by atoms with Crippen LogP contribution in [0.15, 0.2) is 0 Å². The lowest BCUT2D eigenvalue weighted by molar-refractivity contribution is -0.146. The van der Waals surface area contributed by atoms with Gasteiger partial charge < -0.3 is 15.5 Å². The van der Waals surface area contributed by atoms with Crippen molar-refractivity contribution < 1.29 is 19.8 Å². The van der Waals surface area contributed by atoms with Gasteiger partial charge in [-0.1, -0.05) is 0 Å². The fourth-order valence-electron chi connectivity index (χ4n) is 0.538. The van der Waals surface area contributed by atoms with E-state index in [1.807, 2.05) is 6.07 Å². The van der Waals surface area contributed by atoms with Gasteiger partial charge in [0.25, 0.3) is 0 Å². The van der Waals surface area contributed by atoms with Crippen LogP contribution in [-0.2, 0) is 9.59 Å². The zero-order valence-corrected chi connectivity index (χ0v) is 8.08. The van der Waals surface area contributed by atoms with Crippen molar-refractivity contribution >= 4 is 23.6 Å². The molecule has 0 heterocycles. The summed E-state index contributed by atoms with van der Waals surface area (Å²) in [4.78, 5) is 21.0. The first-order valence-corrected chi connectivity index (χ1v) is 4.85. The Morgan fingerprint density at radius 2 is 2.21 bits per heavy atom. The molecule has 6 nitrogen and oxygen atoms in total. The molecule has 14 heavy (non-hydrogen) atoms. The first-order valence-electron chi connectivity index (χ1n) is 3.70. The first-order chi connectivity index (χ1) is 6.57. The number of amides is 1. The van der Waals surface area contributed by atoms with E-state index < -0.39 is 18.0 Å². The Morgan fingerprint density at radius 1 is 1.57 bits per heavy atom. The number of hydrogen-bond donors (Lipinski definition) is 3. The minimum atomic E-state index is -1.58. The van der Waals surface area contributed by atoms with Gasteiger partial charge >= 0.3 is 5.97 Å². The van der Waals surface area contributed by atoms with Gasteiger partial charge in [0, 0.05) is 0 Å². The summed E-state index contributed by atoms with van der Waals surface area (Å²) in [6, 6.07) is 1.85. The van der Waals surface area contributed by atoms with E-state index in [0.29, 0.717) is 0 Å². The highest BCUT2D eigenvalue weighted by Gasteiger charge is 2.13. The van der Waals surface area contributed by atoms with Crippen LogP contribution in [0.3, 0.4) is 0 Å². The minimum Gasteiger partial charge on any atom is -0.479 e. The van der Waals surface area contributed by atoms with Crippen molar-refractivity contribution in [3.63, 3.8) is 0 Å². The first kappa shape index (κ1) is 12.7. The monoisotopic (exact) mass is 218 g/mol. The molecular formula is C7H10N2O4S. The fourth-order valence-corrected chi connectivity index (χ4v) is 1.02. The van der Waals surface area contributed by atoms with E-state index in [1.54, 1.807) is 0 Å². The Labute approximate surface area is 84.9 Å². The van der Waals surface area contributed by atoms with Gasteiger partial charge in [-0.15, -0.1) is 11.8 Å². The lowest BCUT2D eigenvalue weighted by atomic mass is 10.3. The van der Waals surface area contributed by atoms with Crippen molar-refractivity contribution in [2.45, 2.75) is 6.10 Å². The average molecular weight is 218 g/mol. The molecule has 0 bridgehead atoms. The maximum atomic E-state index is 10.9. The number of carbonyl (C=O) groups excluding carboxylic acids is 1. The molecule has 0 radical (unpaired) electrons. The van der Waals surface area contributed by atoms with E-state index in [0.717, 1.165) is 11.8 Å². The number of thioether (sulfide) groups is 1. The van der Waals surface area contributed by atoms with Crippen LogP contribution in [0.5, 0.6) is 0 Å². The SMILES string of the molecule is N#CCSCC(=O)NC[C@H](O)C(=O)O. The number of nitriles is 1. The van der Waals surface area contributed by atoms with Crippen LogP contribution in [0.4, 0.5) is 0 Å². The molecule has 0 aromatic heterocycles.